The Hall–Kier alpha value is -2.70. The van der Waals surface area contributed by atoms with Gasteiger partial charge in [0.1, 0.15) is 12.4 Å². The Labute approximate surface area is 209 Å². The van der Waals surface area contributed by atoms with Crippen LogP contribution in [0.2, 0.25) is 0 Å². The quantitative estimate of drug-likeness (QED) is 0.207. The summed E-state index contributed by atoms with van der Waals surface area (Å²) >= 11 is -1.92. The van der Waals surface area contributed by atoms with Crippen LogP contribution in [0.5, 0.6) is 5.88 Å². The summed E-state index contributed by atoms with van der Waals surface area (Å²) in [4.78, 5) is 24.0. The van der Waals surface area contributed by atoms with E-state index < -0.39 is 27.6 Å². The Kier molecular flexibility index (Phi) is 8.24. The van der Waals surface area contributed by atoms with Crippen molar-refractivity contribution in [1.82, 2.24) is 10.1 Å². The SMILES string of the molecule is Cc1occc1COc1ccc(Cc2cc(C3=C/C=C\I(COP(=O)([O-])O)C\C=C\3N)on2)cn1. The Morgan fingerprint density at radius 2 is 2.20 bits per heavy atom. The van der Waals surface area contributed by atoms with Crippen LogP contribution in [-0.2, 0) is 22.1 Å². The number of allylic oxidation sites excluding steroid dienone is 4. The zero-order chi connectivity index (χ0) is 24.8. The van der Waals surface area contributed by atoms with E-state index in [0.717, 1.165) is 22.6 Å². The topological polar surface area (TPSA) is 157 Å². The van der Waals surface area contributed by atoms with Crippen molar-refractivity contribution >= 4 is 33.2 Å². The molecule has 12 heteroatoms. The van der Waals surface area contributed by atoms with Crippen LogP contribution in [0.25, 0.3) is 5.57 Å². The number of nitrogens with two attached hydrogens (primary N) is 1. The van der Waals surface area contributed by atoms with Crippen LogP contribution in [0.1, 0.15) is 28.3 Å². The molecule has 3 aromatic rings. The van der Waals surface area contributed by atoms with Crippen molar-refractivity contribution in [2.45, 2.75) is 20.0 Å². The molecule has 1 aliphatic heterocycles. The van der Waals surface area contributed by atoms with E-state index in [2.05, 4.69) is 14.7 Å². The second-order valence-electron chi connectivity index (χ2n) is 7.57. The van der Waals surface area contributed by atoms with Gasteiger partial charge in [0.2, 0.25) is 0 Å². The zero-order valence-corrected chi connectivity index (χ0v) is 21.8. The van der Waals surface area contributed by atoms with Crippen LogP contribution in [0, 0.1) is 6.92 Å². The average Bonchev–Trinajstić information content (AvgIpc) is 3.44. The van der Waals surface area contributed by atoms with Crippen LogP contribution in [-0.4, -0.2) is 24.1 Å². The standard InChI is InChI=1S/C23H25IN3O7P/c1-16-18(7-10-31-16)14-32-23-5-4-17(13-26-23)11-19-12-22(34-27-19)20-3-2-8-24(9-6-21(20)25)15-33-35(28,29)30/h2-8,10,12-13H,9,11,14-15,25H2,1H3,(H2,28,29,30)/p-1/b8-2-,20-3+,21-6-. The van der Waals surface area contributed by atoms with Gasteiger partial charge in [-0.1, -0.05) is 0 Å². The number of rotatable bonds is 9. The monoisotopic (exact) mass is 612 g/mol. The van der Waals surface area contributed by atoms with Crippen LogP contribution in [0.3, 0.4) is 0 Å². The third kappa shape index (κ3) is 7.39. The van der Waals surface area contributed by atoms with Gasteiger partial charge in [-0.05, 0) is 13.0 Å². The van der Waals surface area contributed by atoms with Crippen LogP contribution >= 0.6 is 27.6 Å². The molecule has 0 radical (unpaired) electrons. The number of furan rings is 1. The van der Waals surface area contributed by atoms with E-state index >= 15 is 0 Å². The van der Waals surface area contributed by atoms with Crippen molar-refractivity contribution in [3.05, 3.63) is 93.1 Å². The summed E-state index contributed by atoms with van der Waals surface area (Å²) in [7, 11) is -4.73. The van der Waals surface area contributed by atoms with Gasteiger partial charge in [0.25, 0.3) is 0 Å². The van der Waals surface area contributed by atoms with Crippen LogP contribution in [0.15, 0.2) is 73.7 Å². The summed E-state index contributed by atoms with van der Waals surface area (Å²) < 4.78 is 34.4. The summed E-state index contributed by atoms with van der Waals surface area (Å²) in [6.07, 6.45) is 9.32. The maximum absolute atomic E-state index is 10.8. The Balaban J connectivity index is 1.37. The number of ether oxygens (including phenoxy) is 1. The van der Waals surface area contributed by atoms with Gasteiger partial charge in [0, 0.05) is 5.56 Å². The minimum atomic E-state index is -4.73. The first-order valence-corrected chi connectivity index (χ1v) is 16.3. The summed E-state index contributed by atoms with van der Waals surface area (Å²) in [6.45, 7) is 2.27. The van der Waals surface area contributed by atoms with Gasteiger partial charge in [-0.3, -0.25) is 0 Å². The third-order valence-electron chi connectivity index (χ3n) is 5.02. The Morgan fingerprint density at radius 1 is 1.34 bits per heavy atom. The van der Waals surface area contributed by atoms with Gasteiger partial charge in [0.15, 0.2) is 0 Å². The number of aromatic nitrogens is 2. The number of hydrogen-bond donors (Lipinski definition) is 2. The first-order valence-electron chi connectivity index (χ1n) is 10.5. The third-order valence-corrected chi connectivity index (χ3v) is 10.1. The molecule has 10 nitrogen and oxygen atoms in total. The minimum absolute atomic E-state index is 0.0159. The van der Waals surface area contributed by atoms with Crippen molar-refractivity contribution < 1.29 is 32.6 Å². The molecule has 4 heterocycles. The molecule has 0 amide bonds. The number of nitrogens with zero attached hydrogens (tertiary/aromatic N) is 2. The number of phosphoric ester groups is 1. The summed E-state index contributed by atoms with van der Waals surface area (Å²) in [5, 5.41) is 4.15. The molecule has 0 saturated heterocycles. The predicted molar refractivity (Wildman–Crippen MR) is 135 cm³/mol. The molecule has 0 fully saturated rings. The van der Waals surface area contributed by atoms with Gasteiger partial charge < -0.3 is 9.15 Å². The van der Waals surface area contributed by atoms with E-state index in [1.165, 1.54) is 0 Å². The maximum atomic E-state index is 10.8. The fourth-order valence-corrected chi connectivity index (χ4v) is 8.12. The molecule has 35 heavy (non-hydrogen) atoms. The molecule has 1 unspecified atom stereocenters. The molecule has 3 aromatic heterocycles. The summed E-state index contributed by atoms with van der Waals surface area (Å²) in [6, 6.07) is 7.43. The van der Waals surface area contributed by atoms with Gasteiger partial charge >= 0.3 is 163 Å². The number of halogens is 1. The predicted octanol–water partition coefficient (Wildman–Crippen LogP) is 3.84. The van der Waals surface area contributed by atoms with E-state index in [4.69, 9.17) is 24.3 Å². The number of aryl methyl sites for hydroxylation is 1. The number of alkyl halides is 2. The van der Waals surface area contributed by atoms with Gasteiger partial charge in [-0.15, -0.1) is 0 Å². The van der Waals surface area contributed by atoms with Crippen molar-refractivity contribution in [1.29, 1.82) is 0 Å². The van der Waals surface area contributed by atoms with Crippen LogP contribution in [0.4, 0.5) is 0 Å². The molecule has 1 atom stereocenters. The molecule has 3 N–H and O–H groups in total. The van der Waals surface area contributed by atoms with Gasteiger partial charge in [-0.25, -0.2) is 0 Å². The van der Waals surface area contributed by atoms with Gasteiger partial charge in [-0.2, -0.15) is 0 Å². The Bertz CT molecular complexity index is 1290. The zero-order valence-electron chi connectivity index (χ0n) is 18.8. The number of pyridine rings is 1. The average molecular weight is 612 g/mol. The molecule has 186 valence electrons. The number of phosphoric acid groups is 1. The summed E-state index contributed by atoms with van der Waals surface area (Å²) in [5.41, 5.74) is 10.1. The molecule has 0 spiro atoms. The molecule has 0 aromatic carbocycles. The van der Waals surface area contributed by atoms with E-state index in [9.17, 15) is 9.46 Å². The molecule has 1 aliphatic rings. The van der Waals surface area contributed by atoms with Crippen molar-refractivity contribution in [3.8, 4) is 5.88 Å². The van der Waals surface area contributed by atoms with E-state index in [0.29, 0.717) is 40.4 Å². The second kappa shape index (κ2) is 11.4. The van der Waals surface area contributed by atoms with Crippen molar-refractivity contribution in [3.63, 3.8) is 0 Å². The molecular weight excluding hydrogens is 588 g/mol. The molecule has 0 bridgehead atoms. The molecular formula is C23H24IN3O7P-. The first-order chi connectivity index (χ1) is 16.8. The molecule has 0 saturated carbocycles. The van der Waals surface area contributed by atoms with Crippen molar-refractivity contribution in [2.75, 3.05) is 9.04 Å². The Morgan fingerprint density at radius 3 is 2.91 bits per heavy atom. The normalized spacial score (nSPS) is 20.6. The fraction of sp³-hybridized carbons (Fsp3) is 0.217. The second-order valence-corrected chi connectivity index (χ2v) is 13.8. The van der Waals surface area contributed by atoms with Crippen LogP contribution < -0.4 is 15.4 Å². The summed E-state index contributed by atoms with van der Waals surface area (Å²) in [5.74, 6) is 1.87. The molecule has 4 rings (SSSR count). The van der Waals surface area contributed by atoms with E-state index in [1.807, 2.05) is 47.4 Å². The van der Waals surface area contributed by atoms with Crippen molar-refractivity contribution in [2.24, 2.45) is 5.73 Å². The molecule has 0 aliphatic carbocycles. The van der Waals surface area contributed by atoms with E-state index in [-0.39, 0.29) is 4.61 Å². The van der Waals surface area contributed by atoms with Gasteiger partial charge in [0.05, 0.1) is 6.26 Å². The fourth-order valence-electron chi connectivity index (χ4n) is 3.15. The number of hydrogen-bond acceptors (Lipinski definition) is 9. The first kappa shape index (κ1) is 25.4. The van der Waals surface area contributed by atoms with E-state index in [1.54, 1.807) is 18.5 Å².